The lowest BCUT2D eigenvalue weighted by Gasteiger charge is -2.33. The van der Waals surface area contributed by atoms with Gasteiger partial charge in [-0.15, -0.1) is 0 Å². The van der Waals surface area contributed by atoms with E-state index in [1.807, 2.05) is 6.07 Å². The molecule has 18 heavy (non-hydrogen) atoms. The lowest BCUT2D eigenvalue weighted by molar-refractivity contribution is 0.0861. The average molecular weight is 309 g/mol. The predicted molar refractivity (Wildman–Crippen MR) is 79.9 cm³/mol. The summed E-state index contributed by atoms with van der Waals surface area (Å²) in [6.07, 6.45) is 9.45. The molecule has 0 N–H and O–H groups in total. The Balaban J connectivity index is 1.73. The number of alkyl halides is 1. The summed E-state index contributed by atoms with van der Waals surface area (Å²) in [5.74, 6) is 0. The van der Waals surface area contributed by atoms with E-state index in [9.17, 15) is 0 Å². The van der Waals surface area contributed by atoms with Crippen LogP contribution in [0.4, 0.5) is 0 Å². The van der Waals surface area contributed by atoms with Crippen LogP contribution >= 0.6 is 15.9 Å². The number of halogens is 1. The van der Waals surface area contributed by atoms with Crippen molar-refractivity contribution in [2.45, 2.75) is 32.3 Å². The number of allylic oxidation sites excluding steroid dienone is 2. The fourth-order valence-corrected chi connectivity index (χ4v) is 3.20. The molecule has 1 atom stereocenters. The molecule has 0 bridgehead atoms. The molecule has 0 saturated heterocycles. The second-order valence-electron chi connectivity index (χ2n) is 5.14. The van der Waals surface area contributed by atoms with Gasteiger partial charge in [-0.1, -0.05) is 58.4 Å². The topological polar surface area (TPSA) is 9.23 Å². The van der Waals surface area contributed by atoms with E-state index in [2.05, 4.69) is 52.3 Å². The van der Waals surface area contributed by atoms with E-state index in [4.69, 9.17) is 4.74 Å². The van der Waals surface area contributed by atoms with Crippen molar-refractivity contribution in [3.8, 4) is 0 Å². The van der Waals surface area contributed by atoms with Crippen LogP contribution in [0.5, 0.6) is 0 Å². The van der Waals surface area contributed by atoms with Gasteiger partial charge in [-0.2, -0.15) is 0 Å². The van der Waals surface area contributed by atoms with Crippen molar-refractivity contribution in [2.24, 2.45) is 5.41 Å². The highest BCUT2D eigenvalue weighted by Gasteiger charge is 2.28. The molecule has 1 aliphatic carbocycles. The molecular formula is C16H21BrO. The fourth-order valence-electron chi connectivity index (χ4n) is 2.41. The van der Waals surface area contributed by atoms with Crippen molar-refractivity contribution in [3.63, 3.8) is 0 Å². The van der Waals surface area contributed by atoms with Gasteiger partial charge in [0.05, 0.1) is 6.61 Å². The minimum atomic E-state index is 0.422. The molecule has 2 rings (SSSR count). The summed E-state index contributed by atoms with van der Waals surface area (Å²) in [5, 5.41) is 1.08. The van der Waals surface area contributed by atoms with Gasteiger partial charge in [-0.3, -0.25) is 0 Å². The van der Waals surface area contributed by atoms with Crippen molar-refractivity contribution in [3.05, 3.63) is 48.0 Å². The van der Waals surface area contributed by atoms with Crippen LogP contribution in [0.1, 0.15) is 31.2 Å². The fraction of sp³-hybridized carbons (Fsp3) is 0.500. The van der Waals surface area contributed by atoms with E-state index in [1.54, 1.807) is 0 Å². The van der Waals surface area contributed by atoms with Crippen LogP contribution < -0.4 is 0 Å². The summed E-state index contributed by atoms with van der Waals surface area (Å²) in [4.78, 5) is 0. The van der Waals surface area contributed by atoms with Crippen LogP contribution in [0.3, 0.4) is 0 Å². The summed E-state index contributed by atoms with van der Waals surface area (Å²) in [6, 6.07) is 10.4. The number of benzene rings is 1. The molecule has 0 aromatic heterocycles. The largest absolute Gasteiger partial charge is 0.377 e. The molecule has 1 nitrogen and oxygen atoms in total. The quantitative estimate of drug-likeness (QED) is 0.420. The molecule has 2 heteroatoms. The molecule has 0 aliphatic heterocycles. The maximum Gasteiger partial charge on any atom is 0.0716 e. The smallest absolute Gasteiger partial charge is 0.0716 e. The standard InChI is InChI=1S/C16H21BrO/c17-14-16(9-5-2-6-10-16)11-12-18-13-15-7-3-1-4-8-15/h1-5,7-8H,6,9-14H2. The van der Waals surface area contributed by atoms with E-state index in [0.717, 1.165) is 25.0 Å². The maximum absolute atomic E-state index is 5.80. The lowest BCUT2D eigenvalue weighted by atomic mass is 9.76. The van der Waals surface area contributed by atoms with Crippen LogP contribution in [0.15, 0.2) is 42.5 Å². The third-order valence-corrected chi connectivity index (χ3v) is 4.92. The van der Waals surface area contributed by atoms with Crippen LogP contribution in [-0.2, 0) is 11.3 Å². The van der Waals surface area contributed by atoms with Crippen molar-refractivity contribution in [1.82, 2.24) is 0 Å². The average Bonchev–Trinajstić information content (AvgIpc) is 2.46. The highest BCUT2D eigenvalue weighted by atomic mass is 79.9. The Labute approximate surface area is 118 Å². The lowest BCUT2D eigenvalue weighted by Crippen LogP contribution is -2.25. The number of rotatable bonds is 6. The van der Waals surface area contributed by atoms with Crippen LogP contribution in [-0.4, -0.2) is 11.9 Å². The van der Waals surface area contributed by atoms with Crippen molar-refractivity contribution in [2.75, 3.05) is 11.9 Å². The Morgan fingerprint density at radius 2 is 2.00 bits per heavy atom. The van der Waals surface area contributed by atoms with E-state index >= 15 is 0 Å². The summed E-state index contributed by atoms with van der Waals surface area (Å²) in [7, 11) is 0. The Hall–Kier alpha value is -0.600. The first-order chi connectivity index (χ1) is 8.85. The minimum absolute atomic E-state index is 0.422. The van der Waals surface area contributed by atoms with Gasteiger partial charge in [-0.25, -0.2) is 0 Å². The SMILES string of the molecule is BrCC1(CCOCc2ccccc2)CC=CCC1. The molecule has 1 aromatic rings. The van der Waals surface area contributed by atoms with Crippen molar-refractivity contribution in [1.29, 1.82) is 0 Å². The Morgan fingerprint density at radius 3 is 2.67 bits per heavy atom. The third-order valence-electron chi connectivity index (χ3n) is 3.73. The van der Waals surface area contributed by atoms with Gasteiger partial charge < -0.3 is 4.74 Å². The molecule has 0 fully saturated rings. The minimum Gasteiger partial charge on any atom is -0.377 e. The van der Waals surface area contributed by atoms with E-state index in [1.165, 1.54) is 24.8 Å². The zero-order chi connectivity index (χ0) is 12.7. The monoisotopic (exact) mass is 308 g/mol. The van der Waals surface area contributed by atoms with E-state index < -0.39 is 0 Å². The molecular weight excluding hydrogens is 288 g/mol. The molecule has 98 valence electrons. The Kier molecular flexibility index (Phi) is 5.45. The molecule has 0 amide bonds. The van der Waals surface area contributed by atoms with Crippen LogP contribution in [0, 0.1) is 5.41 Å². The Bertz CT molecular complexity index is 374. The normalized spacial score (nSPS) is 23.2. The van der Waals surface area contributed by atoms with Crippen LogP contribution in [0.2, 0.25) is 0 Å². The van der Waals surface area contributed by atoms with Gasteiger partial charge in [0, 0.05) is 11.9 Å². The summed E-state index contributed by atoms with van der Waals surface area (Å²) in [5.41, 5.74) is 1.68. The summed E-state index contributed by atoms with van der Waals surface area (Å²) >= 11 is 3.68. The first-order valence-electron chi connectivity index (χ1n) is 6.67. The van der Waals surface area contributed by atoms with Gasteiger partial charge in [0.1, 0.15) is 0 Å². The van der Waals surface area contributed by atoms with Gasteiger partial charge in [0.15, 0.2) is 0 Å². The molecule has 0 saturated carbocycles. The Morgan fingerprint density at radius 1 is 1.17 bits per heavy atom. The third kappa shape index (κ3) is 3.96. The van der Waals surface area contributed by atoms with Crippen molar-refractivity contribution < 1.29 is 4.74 Å². The van der Waals surface area contributed by atoms with Gasteiger partial charge in [0.2, 0.25) is 0 Å². The maximum atomic E-state index is 5.80. The highest BCUT2D eigenvalue weighted by molar-refractivity contribution is 9.09. The number of hydrogen-bond donors (Lipinski definition) is 0. The zero-order valence-electron chi connectivity index (χ0n) is 10.8. The predicted octanol–water partition coefficient (Wildman–Crippen LogP) is 4.71. The summed E-state index contributed by atoms with van der Waals surface area (Å²) < 4.78 is 5.80. The number of hydrogen-bond acceptors (Lipinski definition) is 1. The van der Waals surface area contributed by atoms with Gasteiger partial charge >= 0.3 is 0 Å². The molecule has 0 heterocycles. The molecule has 1 unspecified atom stereocenters. The molecule has 1 aromatic carbocycles. The second kappa shape index (κ2) is 7.10. The first kappa shape index (κ1) is 13.8. The molecule has 0 spiro atoms. The molecule has 1 aliphatic rings. The van der Waals surface area contributed by atoms with Crippen LogP contribution in [0.25, 0.3) is 0 Å². The van der Waals surface area contributed by atoms with Gasteiger partial charge in [0.25, 0.3) is 0 Å². The molecule has 0 radical (unpaired) electrons. The second-order valence-corrected chi connectivity index (χ2v) is 5.70. The zero-order valence-corrected chi connectivity index (χ0v) is 12.4. The van der Waals surface area contributed by atoms with E-state index in [-0.39, 0.29) is 0 Å². The first-order valence-corrected chi connectivity index (χ1v) is 7.79. The van der Waals surface area contributed by atoms with Crippen molar-refractivity contribution >= 4 is 15.9 Å². The summed E-state index contributed by atoms with van der Waals surface area (Å²) in [6.45, 7) is 1.59. The van der Waals surface area contributed by atoms with E-state index in [0.29, 0.717) is 5.41 Å². The van der Waals surface area contributed by atoms with Gasteiger partial charge in [-0.05, 0) is 36.7 Å². The number of ether oxygens (including phenoxy) is 1. The highest BCUT2D eigenvalue weighted by Crippen LogP contribution is 2.37.